The second kappa shape index (κ2) is 2.24. The van der Waals surface area contributed by atoms with Gasteiger partial charge in [-0.2, -0.15) is 0 Å². The van der Waals surface area contributed by atoms with E-state index in [4.69, 9.17) is 5.11 Å². The second-order valence-electron chi connectivity index (χ2n) is 3.00. The third-order valence-corrected chi connectivity index (χ3v) is 2.15. The van der Waals surface area contributed by atoms with Crippen LogP contribution in [0, 0.1) is 0 Å². The number of nitrogens with one attached hydrogen (secondary N) is 1. The minimum absolute atomic E-state index is 0.274. The summed E-state index contributed by atoms with van der Waals surface area (Å²) in [6.07, 6.45) is 3.97. The van der Waals surface area contributed by atoms with E-state index in [2.05, 4.69) is 4.98 Å². The van der Waals surface area contributed by atoms with Crippen molar-refractivity contribution in [3.63, 3.8) is 0 Å². The fourth-order valence-electron chi connectivity index (χ4n) is 1.46. The van der Waals surface area contributed by atoms with Crippen LogP contribution in [0.15, 0.2) is 12.1 Å². The molecule has 1 heterocycles. The normalized spacial score (nSPS) is 19.6. The highest BCUT2D eigenvalue weighted by Gasteiger charge is 2.18. The maximum atomic E-state index is 10.6. The van der Waals surface area contributed by atoms with Gasteiger partial charge < -0.3 is 10.1 Å². The molecule has 2 rings (SSSR count). The highest BCUT2D eigenvalue weighted by atomic mass is 16.4. The first kappa shape index (κ1) is 7.16. The van der Waals surface area contributed by atoms with E-state index in [0.29, 0.717) is 5.92 Å². The molecule has 12 heavy (non-hydrogen) atoms. The Balaban J connectivity index is 2.49. The molecule has 0 radical (unpaired) electrons. The fraction of sp³-hybridized carbons (Fsp3) is 0.222. The third kappa shape index (κ3) is 0.863. The first-order valence-electron chi connectivity index (χ1n) is 3.83. The first-order valence-corrected chi connectivity index (χ1v) is 3.83. The molecule has 0 fully saturated rings. The number of carboxylic acid groups (broad SMARTS) is 1. The number of rotatable bonds is 1. The van der Waals surface area contributed by atoms with E-state index < -0.39 is 5.97 Å². The lowest BCUT2D eigenvalue weighted by molar-refractivity contribution is 0.0691. The van der Waals surface area contributed by atoms with E-state index in [0.717, 1.165) is 11.3 Å². The molecule has 62 valence electrons. The molecular weight excluding hydrogens is 154 g/mol. The number of carboxylic acids is 1. The van der Waals surface area contributed by atoms with E-state index in [9.17, 15) is 4.79 Å². The molecule has 1 aliphatic carbocycles. The number of hydrogen-bond donors (Lipinski definition) is 2. The van der Waals surface area contributed by atoms with Crippen LogP contribution in [-0.4, -0.2) is 16.1 Å². The van der Waals surface area contributed by atoms with Crippen LogP contribution >= 0.6 is 0 Å². The molecule has 0 bridgehead atoms. The molecule has 1 aromatic rings. The molecule has 0 amide bonds. The zero-order valence-electron chi connectivity index (χ0n) is 6.66. The lowest BCUT2D eigenvalue weighted by atomic mass is 10.1. The van der Waals surface area contributed by atoms with Crippen LogP contribution in [0.4, 0.5) is 0 Å². The van der Waals surface area contributed by atoms with Crippen molar-refractivity contribution in [2.75, 3.05) is 0 Å². The number of allylic oxidation sites excluding steroid dienone is 1. The number of hydrogen-bond acceptors (Lipinski definition) is 1. The van der Waals surface area contributed by atoms with Crippen molar-refractivity contribution in [1.82, 2.24) is 4.98 Å². The molecule has 0 unspecified atom stereocenters. The SMILES string of the molecule is C[C@H]1C=Cc2[nH]c(C(=O)O)cc21. The van der Waals surface area contributed by atoms with Gasteiger partial charge in [-0.3, -0.25) is 0 Å². The Morgan fingerprint density at radius 1 is 1.67 bits per heavy atom. The molecule has 0 saturated heterocycles. The third-order valence-electron chi connectivity index (χ3n) is 2.15. The fourth-order valence-corrected chi connectivity index (χ4v) is 1.46. The Morgan fingerprint density at radius 2 is 2.42 bits per heavy atom. The number of H-pyrrole nitrogens is 1. The number of aromatic carboxylic acids is 1. The van der Waals surface area contributed by atoms with Crippen molar-refractivity contribution in [2.45, 2.75) is 12.8 Å². The minimum atomic E-state index is -0.898. The van der Waals surface area contributed by atoms with E-state index in [1.54, 1.807) is 6.07 Å². The predicted octanol–water partition coefficient (Wildman–Crippen LogP) is 1.84. The minimum Gasteiger partial charge on any atom is -0.477 e. The lowest BCUT2D eigenvalue weighted by Gasteiger charge is -1.95. The zero-order valence-corrected chi connectivity index (χ0v) is 6.66. The molecule has 2 N–H and O–H groups in total. The van der Waals surface area contributed by atoms with Crippen molar-refractivity contribution in [3.05, 3.63) is 29.1 Å². The van der Waals surface area contributed by atoms with Gasteiger partial charge in [0.05, 0.1) is 0 Å². The van der Waals surface area contributed by atoms with E-state index in [1.807, 2.05) is 19.1 Å². The number of fused-ring (bicyclic) bond motifs is 1. The van der Waals surface area contributed by atoms with Gasteiger partial charge in [0.15, 0.2) is 0 Å². The smallest absolute Gasteiger partial charge is 0.352 e. The van der Waals surface area contributed by atoms with Gasteiger partial charge in [0.25, 0.3) is 0 Å². The van der Waals surface area contributed by atoms with Gasteiger partial charge in [0.1, 0.15) is 5.69 Å². The summed E-state index contributed by atoms with van der Waals surface area (Å²) >= 11 is 0. The summed E-state index contributed by atoms with van der Waals surface area (Å²) in [7, 11) is 0. The van der Waals surface area contributed by atoms with Gasteiger partial charge in [0.2, 0.25) is 0 Å². The Kier molecular flexibility index (Phi) is 1.33. The molecule has 1 aromatic heterocycles. The van der Waals surface area contributed by atoms with Crippen LogP contribution in [0.25, 0.3) is 6.08 Å². The van der Waals surface area contributed by atoms with Crippen LogP contribution in [-0.2, 0) is 0 Å². The summed E-state index contributed by atoms with van der Waals surface area (Å²) in [6, 6.07) is 1.70. The van der Waals surface area contributed by atoms with Gasteiger partial charge in [-0.1, -0.05) is 13.0 Å². The van der Waals surface area contributed by atoms with Crippen molar-refractivity contribution in [1.29, 1.82) is 0 Å². The molecule has 1 aliphatic rings. The number of aromatic amines is 1. The van der Waals surface area contributed by atoms with E-state index in [1.165, 1.54) is 0 Å². The highest BCUT2D eigenvalue weighted by Crippen LogP contribution is 2.29. The van der Waals surface area contributed by atoms with E-state index in [-0.39, 0.29) is 5.69 Å². The molecule has 3 heteroatoms. The van der Waals surface area contributed by atoms with Gasteiger partial charge in [-0.25, -0.2) is 4.79 Å². The summed E-state index contributed by atoms with van der Waals surface area (Å²) in [5.74, 6) is -0.561. The molecule has 0 spiro atoms. The average Bonchev–Trinajstić information content (AvgIpc) is 2.53. The largest absolute Gasteiger partial charge is 0.477 e. The summed E-state index contributed by atoms with van der Waals surface area (Å²) in [5.41, 5.74) is 2.28. The maximum absolute atomic E-state index is 10.6. The van der Waals surface area contributed by atoms with Crippen LogP contribution < -0.4 is 0 Å². The summed E-state index contributed by atoms with van der Waals surface area (Å²) in [6.45, 7) is 2.04. The Morgan fingerprint density at radius 3 is 3.00 bits per heavy atom. The Labute approximate surface area is 69.7 Å². The second-order valence-corrected chi connectivity index (χ2v) is 3.00. The summed E-state index contributed by atoms with van der Waals surface area (Å²) in [4.78, 5) is 13.4. The van der Waals surface area contributed by atoms with Crippen molar-refractivity contribution >= 4 is 12.0 Å². The van der Waals surface area contributed by atoms with Gasteiger partial charge in [-0.05, 0) is 17.7 Å². The van der Waals surface area contributed by atoms with Gasteiger partial charge in [0, 0.05) is 11.6 Å². The van der Waals surface area contributed by atoms with Crippen LogP contribution in [0.5, 0.6) is 0 Å². The van der Waals surface area contributed by atoms with Crippen LogP contribution in [0.3, 0.4) is 0 Å². The topological polar surface area (TPSA) is 53.1 Å². The van der Waals surface area contributed by atoms with Crippen molar-refractivity contribution < 1.29 is 9.90 Å². The Hall–Kier alpha value is -1.51. The van der Waals surface area contributed by atoms with Crippen LogP contribution in [0.2, 0.25) is 0 Å². The first-order chi connectivity index (χ1) is 5.68. The van der Waals surface area contributed by atoms with E-state index >= 15 is 0 Å². The molecule has 0 aromatic carbocycles. The monoisotopic (exact) mass is 163 g/mol. The maximum Gasteiger partial charge on any atom is 0.352 e. The lowest BCUT2D eigenvalue weighted by Crippen LogP contribution is -1.95. The molecule has 0 aliphatic heterocycles. The zero-order chi connectivity index (χ0) is 8.72. The highest BCUT2D eigenvalue weighted by molar-refractivity contribution is 5.87. The van der Waals surface area contributed by atoms with Gasteiger partial charge >= 0.3 is 5.97 Å². The summed E-state index contributed by atoms with van der Waals surface area (Å²) in [5, 5.41) is 8.67. The number of aromatic nitrogens is 1. The number of carbonyl (C=O) groups is 1. The molecule has 0 saturated carbocycles. The Bertz CT molecular complexity index is 363. The van der Waals surface area contributed by atoms with Crippen molar-refractivity contribution in [3.8, 4) is 0 Å². The molecular formula is C9H9NO2. The van der Waals surface area contributed by atoms with Gasteiger partial charge in [-0.15, -0.1) is 0 Å². The summed E-state index contributed by atoms with van der Waals surface area (Å²) < 4.78 is 0. The molecule has 1 atom stereocenters. The predicted molar refractivity (Wildman–Crippen MR) is 45.2 cm³/mol. The quantitative estimate of drug-likeness (QED) is 0.663. The standard InChI is InChI=1S/C9H9NO2/c1-5-2-3-7-6(5)4-8(10-7)9(11)12/h2-5,10H,1H3,(H,11,12)/t5-/m0/s1. The van der Waals surface area contributed by atoms with Crippen LogP contribution in [0.1, 0.15) is 34.6 Å². The molecule has 3 nitrogen and oxygen atoms in total. The average molecular weight is 163 g/mol. The van der Waals surface area contributed by atoms with Crippen molar-refractivity contribution in [2.24, 2.45) is 0 Å².